The van der Waals surface area contributed by atoms with Gasteiger partial charge in [0.05, 0.1) is 6.61 Å². The van der Waals surface area contributed by atoms with E-state index in [1.54, 1.807) is 0 Å². The van der Waals surface area contributed by atoms with Gasteiger partial charge in [-0.1, -0.05) is 24.3 Å². The molecule has 3 N–H and O–H groups in total. The maximum atomic E-state index is 12.7. The predicted molar refractivity (Wildman–Crippen MR) is 111 cm³/mol. The van der Waals surface area contributed by atoms with Crippen molar-refractivity contribution in [2.45, 2.75) is 64.6 Å². The van der Waals surface area contributed by atoms with Gasteiger partial charge in [-0.3, -0.25) is 4.79 Å². The first kappa shape index (κ1) is 20.0. The number of aliphatic hydroxyl groups is 1. The van der Waals surface area contributed by atoms with E-state index in [9.17, 15) is 10.1 Å². The van der Waals surface area contributed by atoms with E-state index in [4.69, 9.17) is 5.11 Å². The average molecular weight is 394 g/mol. The zero-order valence-electron chi connectivity index (χ0n) is 17.2. The topological polar surface area (TPSA) is 85.2 Å². The van der Waals surface area contributed by atoms with Gasteiger partial charge in [-0.15, -0.1) is 0 Å². The van der Waals surface area contributed by atoms with Crippen LogP contribution in [0.2, 0.25) is 0 Å². The summed E-state index contributed by atoms with van der Waals surface area (Å²) in [5, 5.41) is 24.8. The Kier molecular flexibility index (Phi) is 5.65. The molecule has 1 aromatic carbocycles. The van der Waals surface area contributed by atoms with Gasteiger partial charge in [-0.25, -0.2) is 0 Å². The SMILES string of the molecule is CC(NC(=O)/C(C#N)=C\NCc1ccc(CO)cc1)C12CC3CC(CC(C3)C1)C2. The van der Waals surface area contributed by atoms with Crippen molar-refractivity contribution in [1.82, 2.24) is 10.6 Å². The molecule has 0 aliphatic heterocycles. The number of benzene rings is 1. The van der Waals surface area contributed by atoms with Crippen molar-refractivity contribution in [2.24, 2.45) is 23.2 Å². The number of hydrogen-bond donors (Lipinski definition) is 3. The van der Waals surface area contributed by atoms with Crippen LogP contribution in [0.15, 0.2) is 36.0 Å². The molecule has 5 rings (SSSR count). The van der Waals surface area contributed by atoms with E-state index < -0.39 is 0 Å². The summed E-state index contributed by atoms with van der Waals surface area (Å²) in [6.45, 7) is 2.68. The molecular weight excluding hydrogens is 362 g/mol. The van der Waals surface area contributed by atoms with E-state index in [1.165, 1.54) is 44.7 Å². The highest BCUT2D eigenvalue weighted by Gasteiger charge is 2.53. The van der Waals surface area contributed by atoms with Gasteiger partial charge in [0.25, 0.3) is 5.91 Å². The lowest BCUT2D eigenvalue weighted by molar-refractivity contribution is -0.122. The second-order valence-electron chi connectivity index (χ2n) is 9.50. The van der Waals surface area contributed by atoms with Crippen LogP contribution < -0.4 is 10.6 Å². The Morgan fingerprint density at radius 1 is 1.17 bits per heavy atom. The molecular formula is C24H31N3O2. The summed E-state index contributed by atoms with van der Waals surface area (Å²) in [5.74, 6) is 2.24. The molecule has 4 aliphatic rings. The van der Waals surface area contributed by atoms with Crippen molar-refractivity contribution in [3.63, 3.8) is 0 Å². The lowest BCUT2D eigenvalue weighted by Gasteiger charge is -2.59. The minimum Gasteiger partial charge on any atom is -0.392 e. The third kappa shape index (κ3) is 4.18. The number of rotatable bonds is 7. The Balaban J connectivity index is 1.34. The van der Waals surface area contributed by atoms with Crippen molar-refractivity contribution in [1.29, 1.82) is 5.26 Å². The number of amides is 1. The third-order valence-electron chi connectivity index (χ3n) is 7.47. The largest absolute Gasteiger partial charge is 0.392 e. The highest BCUT2D eigenvalue weighted by molar-refractivity contribution is 5.97. The van der Waals surface area contributed by atoms with E-state index in [0.29, 0.717) is 6.54 Å². The van der Waals surface area contributed by atoms with Gasteiger partial charge < -0.3 is 15.7 Å². The van der Waals surface area contributed by atoms with Gasteiger partial charge >= 0.3 is 0 Å². The number of carbonyl (C=O) groups is 1. The first-order valence-corrected chi connectivity index (χ1v) is 10.8. The molecule has 5 nitrogen and oxygen atoms in total. The van der Waals surface area contributed by atoms with E-state index in [-0.39, 0.29) is 29.5 Å². The van der Waals surface area contributed by atoms with E-state index in [1.807, 2.05) is 30.3 Å². The monoisotopic (exact) mass is 393 g/mol. The van der Waals surface area contributed by atoms with Crippen LogP contribution in [0.25, 0.3) is 0 Å². The molecule has 0 saturated heterocycles. The smallest absolute Gasteiger partial charge is 0.263 e. The summed E-state index contributed by atoms with van der Waals surface area (Å²) in [4.78, 5) is 12.7. The van der Waals surface area contributed by atoms with Crippen LogP contribution in [-0.4, -0.2) is 17.1 Å². The lowest BCUT2D eigenvalue weighted by Crippen LogP contribution is -2.56. The maximum Gasteiger partial charge on any atom is 0.263 e. The van der Waals surface area contributed by atoms with Crippen molar-refractivity contribution in [3.05, 3.63) is 47.2 Å². The zero-order valence-corrected chi connectivity index (χ0v) is 17.2. The number of nitriles is 1. The van der Waals surface area contributed by atoms with Crippen LogP contribution in [0.3, 0.4) is 0 Å². The van der Waals surface area contributed by atoms with E-state index >= 15 is 0 Å². The molecule has 0 radical (unpaired) electrons. The quantitative estimate of drug-likeness (QED) is 0.490. The second-order valence-corrected chi connectivity index (χ2v) is 9.50. The predicted octanol–water partition coefficient (Wildman–Crippen LogP) is 3.40. The maximum absolute atomic E-state index is 12.7. The van der Waals surface area contributed by atoms with Crippen LogP contribution in [-0.2, 0) is 17.9 Å². The van der Waals surface area contributed by atoms with Gasteiger partial charge in [0.15, 0.2) is 0 Å². The minimum atomic E-state index is -0.279. The van der Waals surface area contributed by atoms with Crippen molar-refractivity contribution < 1.29 is 9.90 Å². The molecule has 0 spiro atoms. The highest BCUT2D eigenvalue weighted by Crippen LogP contribution is 2.61. The summed E-state index contributed by atoms with van der Waals surface area (Å²) in [6, 6.07) is 9.72. The highest BCUT2D eigenvalue weighted by atomic mass is 16.3. The van der Waals surface area contributed by atoms with Crippen LogP contribution in [0.1, 0.15) is 56.6 Å². The molecule has 4 saturated carbocycles. The molecule has 0 aromatic heterocycles. The molecule has 1 amide bonds. The van der Waals surface area contributed by atoms with Crippen LogP contribution in [0.4, 0.5) is 0 Å². The summed E-state index contributed by atoms with van der Waals surface area (Å²) in [7, 11) is 0. The van der Waals surface area contributed by atoms with Gasteiger partial charge in [-0.05, 0) is 79.7 Å². The summed E-state index contributed by atoms with van der Waals surface area (Å²) in [6.07, 6.45) is 9.35. The van der Waals surface area contributed by atoms with Gasteiger partial charge in [0.2, 0.25) is 0 Å². The number of nitrogens with one attached hydrogen (secondary N) is 2. The Labute approximate surface area is 173 Å². The normalized spacial score (nSPS) is 31.2. The van der Waals surface area contributed by atoms with Crippen LogP contribution in [0.5, 0.6) is 0 Å². The molecule has 0 heterocycles. The molecule has 1 atom stereocenters. The van der Waals surface area contributed by atoms with Crippen molar-refractivity contribution in [2.75, 3.05) is 0 Å². The summed E-state index contributed by atoms with van der Waals surface area (Å²) < 4.78 is 0. The van der Waals surface area contributed by atoms with Crippen LogP contribution in [0, 0.1) is 34.5 Å². The first-order chi connectivity index (χ1) is 14.0. The van der Waals surface area contributed by atoms with E-state index in [2.05, 4.69) is 17.6 Å². The van der Waals surface area contributed by atoms with Gasteiger partial charge in [-0.2, -0.15) is 5.26 Å². The molecule has 4 bridgehead atoms. The molecule has 4 aliphatic carbocycles. The fraction of sp³-hybridized carbons (Fsp3) is 0.583. The van der Waals surface area contributed by atoms with Crippen molar-refractivity contribution in [3.8, 4) is 6.07 Å². The van der Waals surface area contributed by atoms with Gasteiger partial charge in [0.1, 0.15) is 11.6 Å². The molecule has 1 aromatic rings. The summed E-state index contributed by atoms with van der Waals surface area (Å²) in [5.41, 5.74) is 2.24. The Hall–Kier alpha value is -2.32. The number of carbonyl (C=O) groups excluding carboxylic acids is 1. The first-order valence-electron chi connectivity index (χ1n) is 10.8. The number of nitrogens with zero attached hydrogens (tertiary/aromatic N) is 1. The Morgan fingerprint density at radius 2 is 1.72 bits per heavy atom. The molecule has 154 valence electrons. The fourth-order valence-corrected chi connectivity index (χ4v) is 6.32. The van der Waals surface area contributed by atoms with E-state index in [0.717, 1.165) is 28.9 Å². The van der Waals surface area contributed by atoms with Gasteiger partial charge in [0, 0.05) is 18.8 Å². The lowest BCUT2D eigenvalue weighted by atomic mass is 9.48. The molecule has 1 unspecified atom stereocenters. The minimum absolute atomic E-state index is 0.0221. The Morgan fingerprint density at radius 3 is 2.24 bits per heavy atom. The Bertz CT molecular complexity index is 786. The van der Waals surface area contributed by atoms with Crippen LogP contribution >= 0.6 is 0 Å². The zero-order chi connectivity index (χ0) is 20.4. The summed E-state index contributed by atoms with van der Waals surface area (Å²) >= 11 is 0. The molecule has 4 fully saturated rings. The second kappa shape index (κ2) is 8.20. The number of aliphatic hydroxyl groups excluding tert-OH is 1. The molecule has 29 heavy (non-hydrogen) atoms. The fourth-order valence-electron chi connectivity index (χ4n) is 6.32. The third-order valence-corrected chi connectivity index (χ3v) is 7.47. The number of hydrogen-bond acceptors (Lipinski definition) is 4. The average Bonchev–Trinajstić information content (AvgIpc) is 2.70. The molecule has 5 heteroatoms. The van der Waals surface area contributed by atoms with Crippen molar-refractivity contribution >= 4 is 5.91 Å². The standard InChI is InChI=1S/C24H31N3O2/c1-16(24-9-19-6-20(10-24)8-21(7-19)11-24)27-23(29)22(12-25)14-26-13-17-2-4-18(15-28)5-3-17/h2-5,14,16,19-21,26,28H,6-11,13,15H2,1H3,(H,27,29)/b22-14-.